The molecular formula is C12H10BrF2N3. The molecule has 0 unspecified atom stereocenters. The quantitative estimate of drug-likeness (QED) is 0.942. The molecule has 0 bridgehead atoms. The Morgan fingerprint density at radius 1 is 1.17 bits per heavy atom. The molecule has 0 amide bonds. The van der Waals surface area contributed by atoms with Crippen LogP contribution in [0.25, 0.3) is 0 Å². The number of benzene rings is 1. The SMILES string of the molecule is Fc1cc(F)cc(CCNc2ncncc2Br)c1. The Morgan fingerprint density at radius 2 is 1.89 bits per heavy atom. The predicted molar refractivity (Wildman–Crippen MR) is 68.3 cm³/mol. The van der Waals surface area contributed by atoms with E-state index in [1.165, 1.54) is 18.5 Å². The first-order valence-electron chi connectivity index (χ1n) is 5.29. The molecule has 0 radical (unpaired) electrons. The Labute approximate surface area is 111 Å². The van der Waals surface area contributed by atoms with Gasteiger partial charge in [-0.2, -0.15) is 0 Å². The fourth-order valence-corrected chi connectivity index (χ4v) is 1.88. The monoisotopic (exact) mass is 313 g/mol. The zero-order valence-electron chi connectivity index (χ0n) is 9.33. The summed E-state index contributed by atoms with van der Waals surface area (Å²) in [6.07, 6.45) is 3.55. The first-order valence-corrected chi connectivity index (χ1v) is 6.09. The number of rotatable bonds is 4. The van der Waals surface area contributed by atoms with Crippen LogP contribution in [-0.4, -0.2) is 16.5 Å². The Balaban J connectivity index is 1.94. The van der Waals surface area contributed by atoms with Crippen LogP contribution in [-0.2, 0) is 6.42 Å². The second-order valence-electron chi connectivity index (χ2n) is 3.67. The van der Waals surface area contributed by atoms with Crippen molar-refractivity contribution in [3.8, 4) is 0 Å². The minimum atomic E-state index is -0.562. The molecular weight excluding hydrogens is 304 g/mol. The van der Waals surface area contributed by atoms with Gasteiger partial charge in [0.2, 0.25) is 0 Å². The standard InChI is InChI=1S/C12H10BrF2N3/c13-11-6-16-7-18-12(11)17-2-1-8-3-9(14)5-10(15)4-8/h3-7H,1-2H2,(H,16,17,18). The summed E-state index contributed by atoms with van der Waals surface area (Å²) in [5.74, 6) is -0.469. The van der Waals surface area contributed by atoms with E-state index in [9.17, 15) is 8.78 Å². The Hall–Kier alpha value is -1.56. The highest BCUT2D eigenvalue weighted by atomic mass is 79.9. The molecule has 0 saturated carbocycles. The molecule has 1 heterocycles. The summed E-state index contributed by atoms with van der Waals surface area (Å²) in [4.78, 5) is 7.86. The second kappa shape index (κ2) is 5.86. The molecule has 0 saturated heterocycles. The van der Waals surface area contributed by atoms with Gasteiger partial charge in [-0.3, -0.25) is 0 Å². The predicted octanol–water partition coefficient (Wildman–Crippen LogP) is 3.17. The molecule has 1 N–H and O–H groups in total. The van der Waals surface area contributed by atoms with Crippen molar-refractivity contribution in [2.45, 2.75) is 6.42 Å². The average Bonchev–Trinajstić information content (AvgIpc) is 2.30. The number of halogens is 3. The molecule has 6 heteroatoms. The Morgan fingerprint density at radius 3 is 2.56 bits per heavy atom. The van der Waals surface area contributed by atoms with Gasteiger partial charge in [0.15, 0.2) is 0 Å². The third-order valence-electron chi connectivity index (χ3n) is 2.30. The van der Waals surface area contributed by atoms with Crippen molar-refractivity contribution in [2.75, 3.05) is 11.9 Å². The largest absolute Gasteiger partial charge is 0.369 e. The van der Waals surface area contributed by atoms with Crippen molar-refractivity contribution in [2.24, 2.45) is 0 Å². The van der Waals surface area contributed by atoms with Crippen LogP contribution in [0.2, 0.25) is 0 Å². The summed E-state index contributed by atoms with van der Waals surface area (Å²) in [5.41, 5.74) is 0.602. The summed E-state index contributed by atoms with van der Waals surface area (Å²) in [6, 6.07) is 3.50. The first kappa shape index (κ1) is 12.9. The lowest BCUT2D eigenvalue weighted by Gasteiger charge is -2.07. The zero-order valence-corrected chi connectivity index (χ0v) is 10.9. The highest BCUT2D eigenvalue weighted by Crippen LogP contribution is 2.17. The van der Waals surface area contributed by atoms with Gasteiger partial charge in [0.05, 0.1) is 4.47 Å². The van der Waals surface area contributed by atoms with Gasteiger partial charge in [-0.25, -0.2) is 18.7 Å². The molecule has 0 aliphatic heterocycles. The Kier molecular flexibility index (Phi) is 4.19. The minimum Gasteiger partial charge on any atom is -0.369 e. The lowest BCUT2D eigenvalue weighted by atomic mass is 10.1. The van der Waals surface area contributed by atoms with Crippen molar-refractivity contribution < 1.29 is 8.78 Å². The molecule has 2 aromatic rings. The van der Waals surface area contributed by atoms with E-state index < -0.39 is 11.6 Å². The van der Waals surface area contributed by atoms with Crippen molar-refractivity contribution in [1.82, 2.24) is 9.97 Å². The van der Waals surface area contributed by atoms with Gasteiger partial charge in [0, 0.05) is 18.8 Å². The van der Waals surface area contributed by atoms with Crippen LogP contribution in [0, 0.1) is 11.6 Å². The van der Waals surface area contributed by atoms with Crippen LogP contribution in [0.3, 0.4) is 0 Å². The number of nitrogens with one attached hydrogen (secondary N) is 1. The molecule has 94 valence electrons. The van der Waals surface area contributed by atoms with E-state index >= 15 is 0 Å². The van der Waals surface area contributed by atoms with Crippen molar-refractivity contribution in [3.63, 3.8) is 0 Å². The smallest absolute Gasteiger partial charge is 0.143 e. The van der Waals surface area contributed by atoms with Gasteiger partial charge in [-0.15, -0.1) is 0 Å². The van der Waals surface area contributed by atoms with Gasteiger partial charge in [-0.1, -0.05) is 0 Å². The average molecular weight is 314 g/mol. The maximum Gasteiger partial charge on any atom is 0.143 e. The van der Waals surface area contributed by atoms with E-state index in [4.69, 9.17) is 0 Å². The summed E-state index contributed by atoms with van der Waals surface area (Å²) in [7, 11) is 0. The van der Waals surface area contributed by atoms with Gasteiger partial charge >= 0.3 is 0 Å². The van der Waals surface area contributed by atoms with Crippen molar-refractivity contribution >= 4 is 21.7 Å². The number of aromatic nitrogens is 2. The molecule has 0 atom stereocenters. The molecule has 0 aliphatic carbocycles. The highest BCUT2D eigenvalue weighted by Gasteiger charge is 2.02. The molecule has 1 aromatic heterocycles. The fourth-order valence-electron chi connectivity index (χ4n) is 1.52. The number of hydrogen-bond donors (Lipinski definition) is 1. The molecule has 0 spiro atoms. The van der Waals surface area contributed by atoms with E-state index in [2.05, 4.69) is 31.2 Å². The second-order valence-corrected chi connectivity index (χ2v) is 4.53. The van der Waals surface area contributed by atoms with Gasteiger partial charge in [0.1, 0.15) is 23.8 Å². The van der Waals surface area contributed by atoms with Gasteiger partial charge in [-0.05, 0) is 40.0 Å². The molecule has 18 heavy (non-hydrogen) atoms. The van der Waals surface area contributed by atoms with Crippen LogP contribution >= 0.6 is 15.9 Å². The molecule has 0 aliphatic rings. The van der Waals surface area contributed by atoms with Crippen LogP contribution < -0.4 is 5.32 Å². The van der Waals surface area contributed by atoms with Crippen molar-refractivity contribution in [1.29, 1.82) is 0 Å². The highest BCUT2D eigenvalue weighted by molar-refractivity contribution is 9.10. The van der Waals surface area contributed by atoms with Crippen LogP contribution in [0.4, 0.5) is 14.6 Å². The molecule has 2 rings (SSSR count). The third-order valence-corrected chi connectivity index (χ3v) is 2.88. The topological polar surface area (TPSA) is 37.8 Å². The van der Waals surface area contributed by atoms with E-state index in [0.29, 0.717) is 24.3 Å². The number of nitrogens with zero attached hydrogens (tertiary/aromatic N) is 2. The summed E-state index contributed by atoms with van der Waals surface area (Å²) in [5, 5.41) is 3.06. The molecule has 1 aromatic carbocycles. The lowest BCUT2D eigenvalue weighted by molar-refractivity contribution is 0.580. The Bertz CT molecular complexity index is 528. The summed E-state index contributed by atoms with van der Waals surface area (Å²) in [6.45, 7) is 0.526. The third kappa shape index (κ3) is 3.46. The zero-order chi connectivity index (χ0) is 13.0. The van der Waals surface area contributed by atoms with E-state index in [1.54, 1.807) is 6.20 Å². The summed E-state index contributed by atoms with van der Waals surface area (Å²) >= 11 is 3.30. The summed E-state index contributed by atoms with van der Waals surface area (Å²) < 4.78 is 26.7. The van der Waals surface area contributed by atoms with Crippen LogP contribution in [0.15, 0.2) is 35.2 Å². The van der Waals surface area contributed by atoms with Crippen LogP contribution in [0.5, 0.6) is 0 Å². The fraction of sp³-hybridized carbons (Fsp3) is 0.167. The van der Waals surface area contributed by atoms with E-state index in [0.717, 1.165) is 10.5 Å². The maximum atomic E-state index is 13.0. The first-order chi connectivity index (χ1) is 8.65. The van der Waals surface area contributed by atoms with Crippen molar-refractivity contribution in [3.05, 3.63) is 52.4 Å². The van der Waals surface area contributed by atoms with Gasteiger partial charge in [0.25, 0.3) is 0 Å². The maximum absolute atomic E-state index is 13.0. The normalized spacial score (nSPS) is 10.4. The minimum absolute atomic E-state index is 0.505. The van der Waals surface area contributed by atoms with E-state index in [1.807, 2.05) is 0 Å². The lowest BCUT2D eigenvalue weighted by Crippen LogP contribution is -2.07. The van der Waals surface area contributed by atoms with Crippen LogP contribution in [0.1, 0.15) is 5.56 Å². The molecule has 0 fully saturated rings. The van der Waals surface area contributed by atoms with E-state index in [-0.39, 0.29) is 0 Å². The number of hydrogen-bond acceptors (Lipinski definition) is 3. The number of anilines is 1. The van der Waals surface area contributed by atoms with Gasteiger partial charge < -0.3 is 5.32 Å². The molecule has 3 nitrogen and oxygen atoms in total.